The van der Waals surface area contributed by atoms with E-state index in [1.54, 1.807) is 13.2 Å². The van der Waals surface area contributed by atoms with Crippen LogP contribution in [0, 0.1) is 6.92 Å². The SMILES string of the molecule is Cc1c(NC(=O)c2cc3ccccc3s2)cccc1-c1cn(C)c(=O)c(Nc2ccc(N3CC[S+]([O-])CC3)cc2)n1. The second-order valence-electron chi connectivity index (χ2n) is 9.98. The Bertz CT molecular complexity index is 1760. The molecule has 208 valence electrons. The van der Waals surface area contributed by atoms with Crippen LogP contribution in [0.2, 0.25) is 0 Å². The average molecular weight is 584 g/mol. The van der Waals surface area contributed by atoms with Crippen LogP contribution in [0.15, 0.2) is 83.8 Å². The molecule has 0 aliphatic carbocycles. The minimum absolute atomic E-state index is 0.163. The lowest BCUT2D eigenvalue weighted by atomic mass is 10.0. The van der Waals surface area contributed by atoms with Crippen molar-refractivity contribution in [2.75, 3.05) is 40.1 Å². The fourth-order valence-electron chi connectivity index (χ4n) is 4.93. The molecule has 10 heteroatoms. The lowest BCUT2D eigenvalue weighted by molar-refractivity contribution is 0.103. The highest BCUT2D eigenvalue weighted by Gasteiger charge is 2.20. The molecule has 41 heavy (non-hydrogen) atoms. The number of fused-ring (bicyclic) bond motifs is 1. The molecular formula is C31H29N5O3S2. The molecule has 1 aliphatic heterocycles. The van der Waals surface area contributed by atoms with Crippen molar-refractivity contribution >= 4 is 61.4 Å². The number of nitrogens with one attached hydrogen (secondary N) is 2. The van der Waals surface area contributed by atoms with E-state index in [0.717, 1.165) is 45.7 Å². The number of amides is 1. The van der Waals surface area contributed by atoms with Gasteiger partial charge in [-0.05, 0) is 60.3 Å². The van der Waals surface area contributed by atoms with Gasteiger partial charge in [0, 0.05) is 40.6 Å². The number of benzene rings is 3. The summed E-state index contributed by atoms with van der Waals surface area (Å²) in [6, 6.07) is 23.3. The molecule has 1 saturated heterocycles. The third kappa shape index (κ3) is 5.72. The van der Waals surface area contributed by atoms with Gasteiger partial charge in [-0.3, -0.25) is 9.59 Å². The molecule has 0 spiro atoms. The normalized spacial score (nSPS) is 13.9. The van der Waals surface area contributed by atoms with Gasteiger partial charge in [-0.2, -0.15) is 0 Å². The predicted molar refractivity (Wildman–Crippen MR) is 169 cm³/mol. The first kappa shape index (κ1) is 27.1. The van der Waals surface area contributed by atoms with Crippen LogP contribution in [0.25, 0.3) is 21.3 Å². The first-order valence-electron chi connectivity index (χ1n) is 13.3. The van der Waals surface area contributed by atoms with Gasteiger partial charge in [-0.1, -0.05) is 41.5 Å². The summed E-state index contributed by atoms with van der Waals surface area (Å²) in [6.45, 7) is 3.48. The third-order valence-electron chi connectivity index (χ3n) is 7.25. The van der Waals surface area contributed by atoms with E-state index in [2.05, 4.69) is 20.5 Å². The summed E-state index contributed by atoms with van der Waals surface area (Å²) in [5.41, 5.74) is 4.53. The number of nitrogens with zero attached hydrogens (tertiary/aromatic N) is 3. The molecule has 2 aromatic heterocycles. The van der Waals surface area contributed by atoms with E-state index in [4.69, 9.17) is 0 Å². The van der Waals surface area contributed by atoms with Gasteiger partial charge in [-0.15, -0.1) is 11.3 Å². The van der Waals surface area contributed by atoms with Crippen molar-refractivity contribution in [1.29, 1.82) is 0 Å². The topological polar surface area (TPSA) is 102 Å². The lowest BCUT2D eigenvalue weighted by Crippen LogP contribution is -2.40. The van der Waals surface area contributed by atoms with E-state index in [1.165, 1.54) is 15.9 Å². The van der Waals surface area contributed by atoms with Gasteiger partial charge in [0.2, 0.25) is 0 Å². The molecule has 0 bridgehead atoms. The van der Waals surface area contributed by atoms with Gasteiger partial charge in [-0.25, -0.2) is 4.98 Å². The van der Waals surface area contributed by atoms with E-state index in [1.807, 2.05) is 79.7 Å². The van der Waals surface area contributed by atoms with E-state index in [-0.39, 0.29) is 17.3 Å². The van der Waals surface area contributed by atoms with E-state index >= 15 is 0 Å². The third-order valence-corrected chi connectivity index (χ3v) is 9.64. The second kappa shape index (κ2) is 11.4. The molecule has 1 aliphatic rings. The van der Waals surface area contributed by atoms with Gasteiger partial charge in [0.1, 0.15) is 11.5 Å². The van der Waals surface area contributed by atoms with Crippen LogP contribution in [0.5, 0.6) is 0 Å². The Hall–Kier alpha value is -4.12. The first-order chi connectivity index (χ1) is 19.9. The lowest BCUT2D eigenvalue weighted by Gasteiger charge is -2.30. The molecule has 0 atom stereocenters. The Morgan fingerprint density at radius 1 is 1.02 bits per heavy atom. The summed E-state index contributed by atoms with van der Waals surface area (Å²) in [7, 11) is 1.70. The van der Waals surface area contributed by atoms with Crippen molar-refractivity contribution < 1.29 is 9.35 Å². The monoisotopic (exact) mass is 583 g/mol. The number of thiophene rings is 1. The molecule has 0 saturated carbocycles. The second-order valence-corrected chi connectivity index (χ2v) is 12.8. The van der Waals surface area contributed by atoms with E-state index in [9.17, 15) is 14.1 Å². The van der Waals surface area contributed by atoms with Gasteiger partial charge in [0.25, 0.3) is 11.5 Å². The zero-order valence-corrected chi connectivity index (χ0v) is 24.3. The molecule has 6 rings (SSSR count). The summed E-state index contributed by atoms with van der Waals surface area (Å²) in [4.78, 5) is 33.6. The van der Waals surface area contributed by atoms with Crippen LogP contribution in [0.4, 0.5) is 22.9 Å². The number of anilines is 4. The molecule has 8 nitrogen and oxygen atoms in total. The van der Waals surface area contributed by atoms with E-state index < -0.39 is 11.2 Å². The summed E-state index contributed by atoms with van der Waals surface area (Å²) in [6.07, 6.45) is 1.71. The highest BCUT2D eigenvalue weighted by molar-refractivity contribution is 7.91. The largest absolute Gasteiger partial charge is 0.616 e. The number of aryl methyl sites for hydroxylation is 1. The predicted octanol–water partition coefficient (Wildman–Crippen LogP) is 5.54. The minimum Gasteiger partial charge on any atom is -0.616 e. The Labute approximate surface area is 244 Å². The standard InChI is InChI=1S/C31H29N5O3S2/c1-20-24(7-5-8-25(20)34-30(37)28-18-21-6-3-4-9-27(21)40-28)26-19-35(2)31(38)29(33-26)32-22-10-12-23(13-11-22)36-14-16-41(39)17-15-36/h3-13,18-19H,14-17H2,1-2H3,(H,32,33)(H,34,37). The quantitative estimate of drug-likeness (QED) is 0.255. The molecular weight excluding hydrogens is 555 g/mol. The van der Waals surface area contributed by atoms with Gasteiger partial charge in [0.15, 0.2) is 5.82 Å². The maximum atomic E-state index is 13.1. The molecule has 2 N–H and O–H groups in total. The average Bonchev–Trinajstić information content (AvgIpc) is 3.42. The van der Waals surface area contributed by atoms with Crippen molar-refractivity contribution in [2.24, 2.45) is 7.05 Å². The maximum Gasteiger partial charge on any atom is 0.293 e. The zero-order chi connectivity index (χ0) is 28.5. The molecule has 1 amide bonds. The number of hydrogen-bond acceptors (Lipinski definition) is 7. The highest BCUT2D eigenvalue weighted by atomic mass is 32.2. The van der Waals surface area contributed by atoms with Crippen molar-refractivity contribution in [3.8, 4) is 11.3 Å². The number of carbonyl (C=O) groups is 1. The van der Waals surface area contributed by atoms with Crippen LogP contribution < -0.4 is 21.1 Å². The number of rotatable bonds is 6. The Kier molecular flexibility index (Phi) is 7.53. The van der Waals surface area contributed by atoms with Crippen molar-refractivity contribution in [3.05, 3.63) is 99.8 Å². The fraction of sp³-hybridized carbons (Fsp3) is 0.194. The number of carbonyl (C=O) groups excluding carboxylic acids is 1. The Balaban J connectivity index is 1.23. The van der Waals surface area contributed by atoms with Gasteiger partial charge in [0.05, 0.1) is 23.7 Å². The van der Waals surface area contributed by atoms with Crippen LogP contribution in [0.1, 0.15) is 15.2 Å². The molecule has 1 fully saturated rings. The molecule has 0 radical (unpaired) electrons. The van der Waals surface area contributed by atoms with Crippen molar-refractivity contribution in [2.45, 2.75) is 6.92 Å². The highest BCUT2D eigenvalue weighted by Crippen LogP contribution is 2.30. The fourth-order valence-corrected chi connectivity index (χ4v) is 6.94. The minimum atomic E-state index is -0.727. The number of hydrogen-bond donors (Lipinski definition) is 2. The van der Waals surface area contributed by atoms with Crippen LogP contribution in [-0.2, 0) is 18.2 Å². The van der Waals surface area contributed by atoms with Gasteiger partial charge >= 0.3 is 0 Å². The van der Waals surface area contributed by atoms with Crippen LogP contribution >= 0.6 is 11.3 Å². The summed E-state index contributed by atoms with van der Waals surface area (Å²) in [5, 5.41) is 7.28. The molecule has 5 aromatic rings. The molecule has 3 heterocycles. The molecule has 0 unspecified atom stereocenters. The first-order valence-corrected chi connectivity index (χ1v) is 15.6. The van der Waals surface area contributed by atoms with Crippen molar-refractivity contribution in [3.63, 3.8) is 0 Å². The van der Waals surface area contributed by atoms with E-state index in [0.29, 0.717) is 27.8 Å². The maximum absolute atomic E-state index is 13.1. The van der Waals surface area contributed by atoms with Gasteiger partial charge < -0.3 is 24.7 Å². The summed E-state index contributed by atoms with van der Waals surface area (Å²) in [5.74, 6) is 1.42. The van der Waals surface area contributed by atoms with Crippen molar-refractivity contribution in [1.82, 2.24) is 9.55 Å². The molecule has 3 aromatic carbocycles. The Morgan fingerprint density at radius 3 is 2.54 bits per heavy atom. The smallest absolute Gasteiger partial charge is 0.293 e. The zero-order valence-electron chi connectivity index (χ0n) is 22.7. The van der Waals surface area contributed by atoms with Crippen LogP contribution in [-0.4, -0.2) is 44.6 Å². The number of aromatic nitrogens is 2. The Morgan fingerprint density at radius 2 is 1.78 bits per heavy atom. The summed E-state index contributed by atoms with van der Waals surface area (Å²) < 4.78 is 14.3. The summed E-state index contributed by atoms with van der Waals surface area (Å²) >= 11 is 0.734. The van der Waals surface area contributed by atoms with Crippen LogP contribution in [0.3, 0.4) is 0 Å².